The molecule has 6 nitrogen and oxygen atoms in total. The number of hydrogen-bond acceptors (Lipinski definition) is 6. The third kappa shape index (κ3) is 11.4. The van der Waals surface area contributed by atoms with Gasteiger partial charge in [-0.05, 0) is 177 Å². The van der Waals surface area contributed by atoms with Crippen LogP contribution in [-0.4, -0.2) is 99.3 Å². The van der Waals surface area contributed by atoms with E-state index in [0.29, 0.717) is 0 Å². The van der Waals surface area contributed by atoms with Gasteiger partial charge < -0.3 is 19.3 Å². The van der Waals surface area contributed by atoms with Gasteiger partial charge in [0.15, 0.2) is 0 Å². The lowest BCUT2D eigenvalue weighted by molar-refractivity contribution is 0.0922. The first-order valence-corrected chi connectivity index (χ1v) is 20.8. The van der Waals surface area contributed by atoms with Crippen LogP contribution in [0.25, 0.3) is 0 Å². The summed E-state index contributed by atoms with van der Waals surface area (Å²) in [6.07, 6.45) is 19.8. The Labute approximate surface area is 305 Å². The molecule has 0 amide bonds. The molecule has 0 saturated carbocycles. The van der Waals surface area contributed by atoms with Crippen molar-refractivity contribution in [2.75, 3.05) is 79.7 Å². The van der Waals surface area contributed by atoms with Gasteiger partial charge in [-0.15, -0.1) is 0 Å². The predicted octanol–water partition coefficient (Wildman–Crippen LogP) is 8.59. The average Bonchev–Trinajstić information content (AvgIpc) is 3.17. The van der Waals surface area contributed by atoms with E-state index in [1.165, 1.54) is 166 Å². The van der Waals surface area contributed by atoms with Crippen LogP contribution < -0.4 is 9.47 Å². The van der Waals surface area contributed by atoms with E-state index in [1.807, 2.05) is 0 Å². The minimum atomic E-state index is 0.942. The van der Waals surface area contributed by atoms with E-state index < -0.39 is 0 Å². The number of nitrogens with zero attached hydrogens (tertiary/aromatic N) is 4. The standard InChI is InChI=1S/C44H70N4O2/c1-49-43-15-13-37(14-16-43)35-47-31-21-40(22-32-47)38-17-27-45(28-18-38)25-9-5-3-4-6-10-26-46-29-19-39(20-30-46)41-23-33-48(34-24-41)36-42-11-7-8-12-44(42)50-2/h7-8,11-16,38-41H,3-6,9-10,17-36H2,1-2H3. The van der Waals surface area contributed by atoms with Crippen LogP contribution in [0.1, 0.15) is 101 Å². The molecule has 2 aromatic rings. The van der Waals surface area contributed by atoms with Gasteiger partial charge in [0.1, 0.15) is 11.5 Å². The highest BCUT2D eigenvalue weighted by molar-refractivity contribution is 5.33. The fourth-order valence-corrected chi connectivity index (χ4v) is 9.90. The van der Waals surface area contributed by atoms with Crippen molar-refractivity contribution < 1.29 is 9.47 Å². The van der Waals surface area contributed by atoms with Gasteiger partial charge in [-0.3, -0.25) is 9.80 Å². The second kappa shape index (κ2) is 20.2. The van der Waals surface area contributed by atoms with Crippen LogP contribution in [0, 0.1) is 23.7 Å². The molecule has 0 radical (unpaired) electrons. The summed E-state index contributed by atoms with van der Waals surface area (Å²) in [6.45, 7) is 15.2. The number of methoxy groups -OCH3 is 2. The lowest BCUT2D eigenvalue weighted by Gasteiger charge is -2.40. The second-order valence-corrected chi connectivity index (χ2v) is 16.4. The van der Waals surface area contributed by atoms with Gasteiger partial charge in [-0.1, -0.05) is 56.0 Å². The zero-order valence-corrected chi connectivity index (χ0v) is 31.9. The highest BCUT2D eigenvalue weighted by atomic mass is 16.5. The molecule has 4 aliphatic heterocycles. The molecule has 4 fully saturated rings. The smallest absolute Gasteiger partial charge is 0.123 e. The molecule has 0 aromatic heterocycles. The minimum absolute atomic E-state index is 0.942. The maximum atomic E-state index is 5.59. The highest BCUT2D eigenvalue weighted by Crippen LogP contribution is 2.35. The van der Waals surface area contributed by atoms with E-state index in [4.69, 9.17) is 9.47 Å². The number of hydrogen-bond donors (Lipinski definition) is 0. The summed E-state index contributed by atoms with van der Waals surface area (Å²) in [5.41, 5.74) is 2.74. The predicted molar refractivity (Wildman–Crippen MR) is 208 cm³/mol. The molecule has 4 heterocycles. The second-order valence-electron chi connectivity index (χ2n) is 16.4. The van der Waals surface area contributed by atoms with Gasteiger partial charge in [0, 0.05) is 18.7 Å². The van der Waals surface area contributed by atoms with Crippen molar-refractivity contribution in [1.29, 1.82) is 0 Å². The molecule has 0 aliphatic carbocycles. The van der Waals surface area contributed by atoms with Gasteiger partial charge in [0.25, 0.3) is 0 Å². The largest absolute Gasteiger partial charge is 0.497 e. The van der Waals surface area contributed by atoms with Crippen LogP contribution in [-0.2, 0) is 13.1 Å². The molecule has 0 atom stereocenters. The number of rotatable bonds is 17. The number of piperidine rings is 4. The van der Waals surface area contributed by atoms with Gasteiger partial charge >= 0.3 is 0 Å². The van der Waals surface area contributed by atoms with Crippen LogP contribution in [0.3, 0.4) is 0 Å². The van der Waals surface area contributed by atoms with Gasteiger partial charge in [0.2, 0.25) is 0 Å². The van der Waals surface area contributed by atoms with Crippen molar-refractivity contribution in [2.24, 2.45) is 23.7 Å². The zero-order valence-electron chi connectivity index (χ0n) is 31.9. The Morgan fingerprint density at radius 3 is 1.34 bits per heavy atom. The molecular weight excluding hydrogens is 617 g/mol. The first kappa shape index (κ1) is 37.6. The average molecular weight is 687 g/mol. The van der Waals surface area contributed by atoms with Crippen LogP contribution in [0.4, 0.5) is 0 Å². The van der Waals surface area contributed by atoms with Crippen molar-refractivity contribution in [3.8, 4) is 11.5 Å². The van der Waals surface area contributed by atoms with Crippen LogP contribution in [0.5, 0.6) is 11.5 Å². The Hall–Kier alpha value is -2.12. The molecule has 0 spiro atoms. The number of para-hydroxylation sites is 1. The molecule has 0 bridgehead atoms. The monoisotopic (exact) mass is 687 g/mol. The molecule has 6 heteroatoms. The molecule has 0 unspecified atom stereocenters. The van der Waals surface area contributed by atoms with E-state index in [-0.39, 0.29) is 0 Å². The van der Waals surface area contributed by atoms with Crippen LogP contribution in [0.2, 0.25) is 0 Å². The Morgan fingerprint density at radius 1 is 0.460 bits per heavy atom. The van der Waals surface area contributed by atoms with E-state index in [2.05, 4.69) is 68.1 Å². The van der Waals surface area contributed by atoms with Crippen molar-refractivity contribution >= 4 is 0 Å². The summed E-state index contributed by atoms with van der Waals surface area (Å²) in [6, 6.07) is 17.2. The van der Waals surface area contributed by atoms with Gasteiger partial charge in [-0.25, -0.2) is 0 Å². The first-order chi connectivity index (χ1) is 24.7. The van der Waals surface area contributed by atoms with Crippen molar-refractivity contribution in [3.63, 3.8) is 0 Å². The summed E-state index contributed by atoms with van der Waals surface area (Å²) in [4.78, 5) is 10.9. The maximum absolute atomic E-state index is 5.59. The summed E-state index contributed by atoms with van der Waals surface area (Å²) in [7, 11) is 3.53. The van der Waals surface area contributed by atoms with Crippen molar-refractivity contribution in [2.45, 2.75) is 103 Å². The summed E-state index contributed by atoms with van der Waals surface area (Å²) in [5, 5.41) is 0. The molecule has 6 rings (SSSR count). The number of benzene rings is 2. The topological polar surface area (TPSA) is 31.4 Å². The molecule has 0 N–H and O–H groups in total. The fraction of sp³-hybridized carbons (Fsp3) is 0.727. The maximum Gasteiger partial charge on any atom is 0.123 e. The molecule has 4 aliphatic rings. The molecule has 2 aromatic carbocycles. The molecule has 4 saturated heterocycles. The SMILES string of the molecule is COc1ccc(CN2CCC(C3CCN(CCCCCCCCN4CCC(C5CCN(Cc6ccccc6OC)CC5)CC4)CC3)CC2)cc1. The number of unbranched alkanes of at least 4 members (excludes halogenated alkanes) is 5. The van der Waals surface area contributed by atoms with Gasteiger partial charge in [0.05, 0.1) is 14.2 Å². The molecule has 50 heavy (non-hydrogen) atoms. The lowest BCUT2D eigenvalue weighted by atomic mass is 9.78. The molecular formula is C44H70N4O2. The van der Waals surface area contributed by atoms with E-state index >= 15 is 0 Å². The highest BCUT2D eigenvalue weighted by Gasteiger charge is 2.31. The Bertz CT molecular complexity index is 1210. The number of ether oxygens (including phenoxy) is 2. The zero-order chi connectivity index (χ0) is 34.4. The normalized spacial score (nSPS) is 21.9. The van der Waals surface area contributed by atoms with Crippen molar-refractivity contribution in [1.82, 2.24) is 19.6 Å². The molecule has 278 valence electrons. The third-order valence-electron chi connectivity index (χ3n) is 13.2. The summed E-state index contributed by atoms with van der Waals surface area (Å²) >= 11 is 0. The van der Waals surface area contributed by atoms with E-state index in [0.717, 1.165) is 48.3 Å². The third-order valence-corrected chi connectivity index (χ3v) is 13.2. The van der Waals surface area contributed by atoms with Gasteiger partial charge in [-0.2, -0.15) is 0 Å². The summed E-state index contributed by atoms with van der Waals surface area (Å²) < 4.78 is 10.9. The van der Waals surface area contributed by atoms with Crippen LogP contribution >= 0.6 is 0 Å². The Morgan fingerprint density at radius 2 is 0.880 bits per heavy atom. The van der Waals surface area contributed by atoms with E-state index in [9.17, 15) is 0 Å². The van der Waals surface area contributed by atoms with E-state index in [1.54, 1.807) is 14.2 Å². The van der Waals surface area contributed by atoms with Crippen molar-refractivity contribution in [3.05, 3.63) is 59.7 Å². The summed E-state index contributed by atoms with van der Waals surface area (Å²) in [5.74, 6) is 5.81. The number of likely N-dealkylation sites (tertiary alicyclic amines) is 4. The minimum Gasteiger partial charge on any atom is -0.497 e. The first-order valence-electron chi connectivity index (χ1n) is 20.8. The quantitative estimate of drug-likeness (QED) is 0.155. The lowest BCUT2D eigenvalue weighted by Crippen LogP contribution is -2.40. The fourth-order valence-electron chi connectivity index (χ4n) is 9.90. The Balaban J connectivity index is 0.734. The van der Waals surface area contributed by atoms with Crippen LogP contribution in [0.15, 0.2) is 48.5 Å². The Kier molecular flexibility index (Phi) is 15.2.